The number of carbonyl (C=O) groups is 4. The van der Waals surface area contributed by atoms with E-state index in [2.05, 4.69) is 0 Å². The van der Waals surface area contributed by atoms with E-state index in [1.807, 2.05) is 0 Å². The third-order valence-electron chi connectivity index (χ3n) is 4.85. The maximum atomic E-state index is 10.5. The van der Waals surface area contributed by atoms with Crippen molar-refractivity contribution in [1.82, 2.24) is 0 Å². The summed E-state index contributed by atoms with van der Waals surface area (Å²) in [4.78, 5) is 41.9. The molecular weight excluding hydrogens is 320 g/mol. The standard InChI is InChI=1S/2C8H12O4/c2*9-7(10)5-1-2-6(4-3-5)8(11)12/h2*5-6H,1-4H2,(H,9,10)(H,11,12). The third kappa shape index (κ3) is 6.17. The molecule has 2 fully saturated rings. The molecule has 2 aliphatic rings. The Hall–Kier alpha value is -2.12. The molecule has 0 heterocycles. The van der Waals surface area contributed by atoms with Crippen molar-refractivity contribution < 1.29 is 39.6 Å². The minimum absolute atomic E-state index is 0.319. The Kier molecular flexibility index (Phi) is 7.67. The van der Waals surface area contributed by atoms with Crippen LogP contribution in [0.5, 0.6) is 0 Å². The summed E-state index contributed by atoms with van der Waals surface area (Å²) in [6.07, 6.45) is 4.05. The van der Waals surface area contributed by atoms with Crippen LogP contribution in [0, 0.1) is 23.7 Å². The Morgan fingerprint density at radius 2 is 0.542 bits per heavy atom. The van der Waals surface area contributed by atoms with Gasteiger partial charge in [0.1, 0.15) is 0 Å². The Balaban J connectivity index is 0.000000240. The molecule has 0 saturated heterocycles. The van der Waals surface area contributed by atoms with Gasteiger partial charge in [-0.15, -0.1) is 0 Å². The molecule has 0 amide bonds. The molecule has 8 nitrogen and oxygen atoms in total. The molecule has 0 aromatic heterocycles. The molecule has 0 aromatic rings. The van der Waals surface area contributed by atoms with Crippen LogP contribution in [0.4, 0.5) is 0 Å². The Morgan fingerprint density at radius 1 is 0.417 bits per heavy atom. The number of rotatable bonds is 4. The molecule has 0 radical (unpaired) electrons. The number of hydrogen-bond donors (Lipinski definition) is 4. The molecule has 4 N–H and O–H groups in total. The van der Waals surface area contributed by atoms with Gasteiger partial charge in [0.25, 0.3) is 0 Å². The van der Waals surface area contributed by atoms with E-state index in [0.29, 0.717) is 51.4 Å². The number of hydrogen-bond acceptors (Lipinski definition) is 4. The fraction of sp³-hybridized carbons (Fsp3) is 0.750. The summed E-state index contributed by atoms with van der Waals surface area (Å²) in [6.45, 7) is 0. The average Bonchev–Trinajstić information content (AvgIpc) is 2.55. The lowest BCUT2D eigenvalue weighted by atomic mass is 9.82. The van der Waals surface area contributed by atoms with Crippen LogP contribution in [-0.2, 0) is 19.2 Å². The summed E-state index contributed by atoms with van der Waals surface area (Å²) in [6, 6.07) is 0. The molecule has 0 spiro atoms. The van der Waals surface area contributed by atoms with E-state index in [1.54, 1.807) is 0 Å². The lowest BCUT2D eigenvalue weighted by molar-refractivity contribution is -0.148. The monoisotopic (exact) mass is 344 g/mol. The summed E-state index contributed by atoms with van der Waals surface area (Å²) in [5, 5.41) is 34.5. The summed E-state index contributed by atoms with van der Waals surface area (Å²) in [5.41, 5.74) is 0. The van der Waals surface area contributed by atoms with Gasteiger partial charge in [-0.3, -0.25) is 19.2 Å². The molecule has 2 aliphatic carbocycles. The average molecular weight is 344 g/mol. The Morgan fingerprint density at radius 3 is 0.625 bits per heavy atom. The lowest BCUT2D eigenvalue weighted by Crippen LogP contribution is -2.25. The van der Waals surface area contributed by atoms with E-state index in [9.17, 15) is 19.2 Å². The van der Waals surface area contributed by atoms with Crippen molar-refractivity contribution in [1.29, 1.82) is 0 Å². The van der Waals surface area contributed by atoms with Crippen molar-refractivity contribution in [2.24, 2.45) is 23.7 Å². The summed E-state index contributed by atoms with van der Waals surface area (Å²) >= 11 is 0. The Labute approximate surface area is 139 Å². The molecule has 0 unspecified atom stereocenters. The van der Waals surface area contributed by atoms with E-state index in [0.717, 1.165) is 0 Å². The first-order valence-electron chi connectivity index (χ1n) is 8.13. The number of carboxylic acid groups (broad SMARTS) is 4. The van der Waals surface area contributed by atoms with Crippen molar-refractivity contribution >= 4 is 23.9 Å². The van der Waals surface area contributed by atoms with Gasteiger partial charge in [-0.1, -0.05) is 0 Å². The smallest absolute Gasteiger partial charge is 0.306 e. The first kappa shape index (κ1) is 19.9. The maximum absolute atomic E-state index is 10.5. The van der Waals surface area contributed by atoms with Crippen molar-refractivity contribution in [2.45, 2.75) is 51.4 Å². The van der Waals surface area contributed by atoms with Gasteiger partial charge in [-0.05, 0) is 51.4 Å². The molecule has 2 saturated carbocycles. The summed E-state index contributed by atoms with van der Waals surface area (Å²) in [5.74, 6) is -4.45. The zero-order valence-electron chi connectivity index (χ0n) is 13.4. The second-order valence-electron chi connectivity index (χ2n) is 6.45. The fourth-order valence-corrected chi connectivity index (χ4v) is 3.17. The number of carboxylic acids is 4. The van der Waals surface area contributed by atoms with E-state index in [-0.39, 0.29) is 23.7 Å². The van der Waals surface area contributed by atoms with Crippen molar-refractivity contribution in [3.63, 3.8) is 0 Å². The quantitative estimate of drug-likeness (QED) is 0.604. The molecule has 8 heteroatoms. The highest BCUT2D eigenvalue weighted by molar-refractivity contribution is 5.73. The molecule has 0 aromatic carbocycles. The van der Waals surface area contributed by atoms with Gasteiger partial charge in [0.15, 0.2) is 0 Å². The predicted molar refractivity (Wildman–Crippen MR) is 81.4 cm³/mol. The van der Waals surface area contributed by atoms with Gasteiger partial charge in [-0.2, -0.15) is 0 Å². The highest BCUT2D eigenvalue weighted by atomic mass is 16.4. The van der Waals surface area contributed by atoms with Crippen LogP contribution in [0.15, 0.2) is 0 Å². The SMILES string of the molecule is O=C(O)C1CCC(C(=O)O)CC1.O=C(O)C1CCC(C(=O)O)CC1. The molecule has 136 valence electrons. The van der Waals surface area contributed by atoms with Gasteiger partial charge >= 0.3 is 23.9 Å². The molecule has 0 atom stereocenters. The fourth-order valence-electron chi connectivity index (χ4n) is 3.17. The lowest BCUT2D eigenvalue weighted by Gasteiger charge is -2.22. The molecular formula is C16H24O8. The molecule has 2 rings (SSSR count). The van der Waals surface area contributed by atoms with Crippen molar-refractivity contribution in [2.75, 3.05) is 0 Å². The highest BCUT2D eigenvalue weighted by Crippen LogP contribution is 2.29. The minimum Gasteiger partial charge on any atom is -0.481 e. The zero-order valence-corrected chi connectivity index (χ0v) is 13.4. The normalized spacial score (nSPS) is 29.7. The van der Waals surface area contributed by atoms with Gasteiger partial charge in [-0.25, -0.2) is 0 Å². The third-order valence-corrected chi connectivity index (χ3v) is 4.85. The van der Waals surface area contributed by atoms with Crippen molar-refractivity contribution in [3.05, 3.63) is 0 Å². The van der Waals surface area contributed by atoms with E-state index in [4.69, 9.17) is 20.4 Å². The van der Waals surface area contributed by atoms with Crippen LogP contribution in [0.1, 0.15) is 51.4 Å². The van der Waals surface area contributed by atoms with Crippen LogP contribution in [0.3, 0.4) is 0 Å². The van der Waals surface area contributed by atoms with E-state index < -0.39 is 23.9 Å². The summed E-state index contributed by atoms with van der Waals surface area (Å²) in [7, 11) is 0. The number of aliphatic carboxylic acids is 4. The second-order valence-corrected chi connectivity index (χ2v) is 6.45. The largest absolute Gasteiger partial charge is 0.481 e. The van der Waals surface area contributed by atoms with Crippen LogP contribution in [0.25, 0.3) is 0 Å². The van der Waals surface area contributed by atoms with Gasteiger partial charge in [0.05, 0.1) is 23.7 Å². The zero-order chi connectivity index (χ0) is 18.3. The van der Waals surface area contributed by atoms with E-state index in [1.165, 1.54) is 0 Å². The topological polar surface area (TPSA) is 149 Å². The highest BCUT2D eigenvalue weighted by Gasteiger charge is 2.30. The van der Waals surface area contributed by atoms with E-state index >= 15 is 0 Å². The van der Waals surface area contributed by atoms with Crippen LogP contribution in [-0.4, -0.2) is 44.3 Å². The molecule has 0 bridgehead atoms. The van der Waals surface area contributed by atoms with Gasteiger partial charge < -0.3 is 20.4 Å². The van der Waals surface area contributed by atoms with Crippen molar-refractivity contribution in [3.8, 4) is 0 Å². The summed E-state index contributed by atoms with van der Waals surface area (Å²) < 4.78 is 0. The Bertz CT molecular complexity index is 382. The second kappa shape index (κ2) is 9.24. The first-order valence-corrected chi connectivity index (χ1v) is 8.13. The maximum Gasteiger partial charge on any atom is 0.306 e. The first-order chi connectivity index (χ1) is 11.2. The minimum atomic E-state index is -0.793. The van der Waals surface area contributed by atoms with Crippen LogP contribution >= 0.6 is 0 Å². The van der Waals surface area contributed by atoms with Crippen LogP contribution in [0.2, 0.25) is 0 Å². The molecule has 24 heavy (non-hydrogen) atoms. The molecule has 0 aliphatic heterocycles. The van der Waals surface area contributed by atoms with Gasteiger partial charge in [0.2, 0.25) is 0 Å². The van der Waals surface area contributed by atoms with Crippen LogP contribution < -0.4 is 0 Å². The van der Waals surface area contributed by atoms with Gasteiger partial charge in [0, 0.05) is 0 Å². The predicted octanol–water partition coefficient (Wildman–Crippen LogP) is 1.92.